The number of hydrogen-bond acceptors (Lipinski definition) is 7. The van der Waals surface area contributed by atoms with Gasteiger partial charge in [0.25, 0.3) is 11.6 Å². The fourth-order valence-corrected chi connectivity index (χ4v) is 4.72. The van der Waals surface area contributed by atoms with E-state index in [1.54, 1.807) is 11.0 Å². The molecule has 212 valence electrons. The zero-order chi connectivity index (χ0) is 29.1. The van der Waals surface area contributed by atoms with Crippen LogP contribution in [0.2, 0.25) is 0 Å². The van der Waals surface area contributed by atoms with Gasteiger partial charge in [0.15, 0.2) is 0 Å². The van der Waals surface area contributed by atoms with E-state index in [1.165, 1.54) is 24.3 Å². The number of ether oxygens (including phenoxy) is 1. The maximum Gasteiger partial charge on any atom is 0.410 e. The molecule has 4 aromatic rings. The highest BCUT2D eigenvalue weighted by molar-refractivity contribution is 6.06. The van der Waals surface area contributed by atoms with Gasteiger partial charge in [0.1, 0.15) is 16.9 Å². The highest BCUT2D eigenvalue weighted by Crippen LogP contribution is 2.33. The molecule has 1 aliphatic rings. The Morgan fingerprint density at radius 2 is 1.68 bits per heavy atom. The number of piperazine rings is 1. The van der Waals surface area contributed by atoms with Crippen molar-refractivity contribution in [3.8, 4) is 11.3 Å². The first kappa shape index (κ1) is 27.9. The van der Waals surface area contributed by atoms with Gasteiger partial charge in [-0.25, -0.2) is 4.79 Å². The highest BCUT2D eigenvalue weighted by atomic mass is 16.6. The van der Waals surface area contributed by atoms with Gasteiger partial charge in [0, 0.05) is 61.4 Å². The Hall–Kier alpha value is -4.70. The summed E-state index contributed by atoms with van der Waals surface area (Å²) in [6, 6.07) is 20.9. The standard InChI is InChI=1S/C31H32N4O6/c1-31(2,3)41-30(37)34-16-14-33(15-17-34)20-21-8-9-23-19-28(40-27(23)18-21)25-6-4-5-7-26(25)32-29(36)22-10-12-24(13-11-22)35(38)39/h4-13,18-19H,14-17,20H2,1-3H3,(H,32,36). The average molecular weight is 557 g/mol. The second-order valence-corrected chi connectivity index (χ2v) is 11.0. The Morgan fingerprint density at radius 1 is 0.976 bits per heavy atom. The molecule has 0 saturated carbocycles. The quantitative estimate of drug-likeness (QED) is 0.218. The monoisotopic (exact) mass is 556 g/mol. The summed E-state index contributed by atoms with van der Waals surface area (Å²) >= 11 is 0. The molecular weight excluding hydrogens is 524 g/mol. The molecule has 10 heteroatoms. The van der Waals surface area contributed by atoms with Crippen molar-refractivity contribution in [1.29, 1.82) is 0 Å². The van der Waals surface area contributed by atoms with Crippen molar-refractivity contribution in [1.82, 2.24) is 9.80 Å². The SMILES string of the molecule is CC(C)(C)OC(=O)N1CCN(Cc2ccc3cc(-c4ccccc4NC(=O)c4ccc([N+](=O)[O-])cc4)oc3c2)CC1. The number of amides is 2. The second kappa shape index (κ2) is 11.4. The van der Waals surface area contributed by atoms with Crippen molar-refractivity contribution < 1.29 is 23.7 Å². The van der Waals surface area contributed by atoms with Crippen LogP contribution in [0.25, 0.3) is 22.3 Å². The molecule has 1 aromatic heterocycles. The number of hydrogen-bond donors (Lipinski definition) is 1. The predicted octanol–water partition coefficient (Wildman–Crippen LogP) is 6.31. The maximum absolute atomic E-state index is 12.9. The minimum absolute atomic E-state index is 0.0772. The van der Waals surface area contributed by atoms with Crippen molar-refractivity contribution in [3.63, 3.8) is 0 Å². The smallest absolute Gasteiger partial charge is 0.410 e. The van der Waals surface area contributed by atoms with Gasteiger partial charge < -0.3 is 19.4 Å². The Balaban J connectivity index is 1.26. The lowest BCUT2D eigenvalue weighted by atomic mass is 10.1. The Bertz CT molecular complexity index is 1580. The van der Waals surface area contributed by atoms with E-state index in [1.807, 2.05) is 57.2 Å². The van der Waals surface area contributed by atoms with E-state index in [9.17, 15) is 19.7 Å². The molecule has 1 N–H and O–H groups in total. The van der Waals surface area contributed by atoms with Gasteiger partial charge in [-0.1, -0.05) is 24.3 Å². The minimum atomic E-state index is -0.509. The van der Waals surface area contributed by atoms with Gasteiger partial charge >= 0.3 is 6.09 Å². The normalized spacial score (nSPS) is 14.2. The van der Waals surface area contributed by atoms with E-state index in [4.69, 9.17) is 9.15 Å². The van der Waals surface area contributed by atoms with Crippen molar-refractivity contribution in [2.45, 2.75) is 32.9 Å². The van der Waals surface area contributed by atoms with Gasteiger partial charge in [0.2, 0.25) is 0 Å². The largest absolute Gasteiger partial charge is 0.456 e. The number of benzene rings is 3. The van der Waals surface area contributed by atoms with E-state index in [0.29, 0.717) is 30.1 Å². The third-order valence-electron chi connectivity index (χ3n) is 6.80. The molecule has 0 unspecified atom stereocenters. The number of furan rings is 1. The summed E-state index contributed by atoms with van der Waals surface area (Å²) in [5.74, 6) is 0.236. The second-order valence-electron chi connectivity index (χ2n) is 11.0. The molecule has 0 aliphatic carbocycles. The predicted molar refractivity (Wildman–Crippen MR) is 156 cm³/mol. The molecule has 0 bridgehead atoms. The van der Waals surface area contributed by atoms with Crippen molar-refractivity contribution >= 4 is 34.3 Å². The van der Waals surface area contributed by atoms with E-state index < -0.39 is 10.5 Å². The lowest BCUT2D eigenvalue weighted by molar-refractivity contribution is -0.384. The summed E-state index contributed by atoms with van der Waals surface area (Å²) in [4.78, 5) is 39.7. The van der Waals surface area contributed by atoms with Crippen LogP contribution < -0.4 is 5.32 Å². The van der Waals surface area contributed by atoms with E-state index in [-0.39, 0.29) is 17.7 Å². The van der Waals surface area contributed by atoms with Gasteiger partial charge in [-0.15, -0.1) is 0 Å². The lowest BCUT2D eigenvalue weighted by Gasteiger charge is -2.35. The van der Waals surface area contributed by atoms with Crippen LogP contribution in [0.4, 0.5) is 16.2 Å². The average Bonchev–Trinajstić information content (AvgIpc) is 3.36. The lowest BCUT2D eigenvalue weighted by Crippen LogP contribution is -2.49. The van der Waals surface area contributed by atoms with Gasteiger partial charge in [-0.3, -0.25) is 19.8 Å². The molecule has 0 spiro atoms. The highest BCUT2D eigenvalue weighted by Gasteiger charge is 2.26. The zero-order valence-electron chi connectivity index (χ0n) is 23.3. The first-order valence-electron chi connectivity index (χ1n) is 13.4. The van der Waals surface area contributed by atoms with Crippen LogP contribution in [0, 0.1) is 10.1 Å². The van der Waals surface area contributed by atoms with Crippen LogP contribution in [-0.4, -0.2) is 58.5 Å². The number of para-hydroxylation sites is 1. The van der Waals surface area contributed by atoms with Crippen LogP contribution in [0.5, 0.6) is 0 Å². The van der Waals surface area contributed by atoms with Crippen LogP contribution in [-0.2, 0) is 11.3 Å². The molecule has 10 nitrogen and oxygen atoms in total. The molecular formula is C31H32N4O6. The summed E-state index contributed by atoms with van der Waals surface area (Å²) in [6.45, 7) is 9.08. The third kappa shape index (κ3) is 6.72. The number of nitro benzene ring substituents is 1. The molecule has 2 heterocycles. The summed E-state index contributed by atoms with van der Waals surface area (Å²) in [7, 11) is 0. The summed E-state index contributed by atoms with van der Waals surface area (Å²) in [5, 5.41) is 14.8. The third-order valence-corrected chi connectivity index (χ3v) is 6.80. The molecule has 41 heavy (non-hydrogen) atoms. The molecule has 5 rings (SSSR count). The van der Waals surface area contributed by atoms with Crippen LogP contribution in [0.15, 0.2) is 77.2 Å². The minimum Gasteiger partial charge on any atom is -0.456 e. The number of nitrogens with one attached hydrogen (secondary N) is 1. The van der Waals surface area contributed by atoms with E-state index in [2.05, 4.69) is 16.3 Å². The number of nitrogens with zero attached hydrogens (tertiary/aromatic N) is 3. The molecule has 0 radical (unpaired) electrons. The van der Waals surface area contributed by atoms with Gasteiger partial charge in [-0.2, -0.15) is 0 Å². The Labute approximate surface area is 237 Å². The first-order chi connectivity index (χ1) is 19.6. The number of fused-ring (bicyclic) bond motifs is 1. The molecule has 1 saturated heterocycles. The molecule has 3 aromatic carbocycles. The molecule has 1 fully saturated rings. The number of carbonyl (C=O) groups is 2. The summed E-state index contributed by atoms with van der Waals surface area (Å²) in [6.07, 6.45) is -0.272. The number of rotatable bonds is 6. The van der Waals surface area contributed by atoms with Crippen molar-refractivity contribution in [3.05, 3.63) is 94.0 Å². The topological polar surface area (TPSA) is 118 Å². The van der Waals surface area contributed by atoms with Gasteiger partial charge in [0.05, 0.1) is 10.6 Å². The van der Waals surface area contributed by atoms with Crippen molar-refractivity contribution in [2.24, 2.45) is 0 Å². The Morgan fingerprint density at radius 3 is 2.37 bits per heavy atom. The van der Waals surface area contributed by atoms with Crippen LogP contribution in [0.3, 0.4) is 0 Å². The van der Waals surface area contributed by atoms with E-state index in [0.717, 1.165) is 41.7 Å². The summed E-state index contributed by atoms with van der Waals surface area (Å²) in [5.41, 5.74) is 2.85. The van der Waals surface area contributed by atoms with Crippen LogP contribution >= 0.6 is 0 Å². The first-order valence-corrected chi connectivity index (χ1v) is 13.4. The number of anilines is 1. The molecule has 1 aliphatic heterocycles. The number of carbonyl (C=O) groups excluding carboxylic acids is 2. The zero-order valence-corrected chi connectivity index (χ0v) is 23.3. The number of non-ortho nitro benzene ring substituents is 1. The molecule has 0 atom stereocenters. The Kier molecular flexibility index (Phi) is 7.76. The fourth-order valence-electron chi connectivity index (χ4n) is 4.72. The number of nitro groups is 1. The fraction of sp³-hybridized carbons (Fsp3) is 0.290. The van der Waals surface area contributed by atoms with E-state index >= 15 is 0 Å². The summed E-state index contributed by atoms with van der Waals surface area (Å²) < 4.78 is 11.7. The molecule has 2 amide bonds. The van der Waals surface area contributed by atoms with Crippen molar-refractivity contribution in [2.75, 3.05) is 31.5 Å². The maximum atomic E-state index is 12.9. The van der Waals surface area contributed by atoms with Gasteiger partial charge in [-0.05, 0) is 62.7 Å². The van der Waals surface area contributed by atoms with Crippen LogP contribution in [0.1, 0.15) is 36.7 Å².